The number of hydrogen-bond donors (Lipinski definition) is 3. The van der Waals surface area contributed by atoms with Crippen LogP contribution in [0.2, 0.25) is 5.02 Å². The van der Waals surface area contributed by atoms with E-state index in [-0.39, 0.29) is 29.0 Å². The van der Waals surface area contributed by atoms with E-state index in [4.69, 9.17) is 16.3 Å². The predicted octanol–water partition coefficient (Wildman–Crippen LogP) is 3.81. The van der Waals surface area contributed by atoms with Crippen molar-refractivity contribution in [2.45, 2.75) is 10.9 Å². The molecule has 0 saturated carbocycles. The van der Waals surface area contributed by atoms with Crippen LogP contribution in [-0.2, 0) is 10.0 Å². The molecule has 10 heteroatoms. The maximum absolute atomic E-state index is 13.0. The van der Waals surface area contributed by atoms with Gasteiger partial charge in [0, 0.05) is 43.8 Å². The Kier molecular flexibility index (Phi) is 7.83. The average Bonchev–Trinajstić information content (AvgIpc) is 2.84. The molecule has 1 heterocycles. The number of ether oxygens (including phenoxy) is 1. The number of nitrogens with zero attached hydrogens (tertiary/aromatic N) is 2. The van der Waals surface area contributed by atoms with Crippen molar-refractivity contribution >= 4 is 21.6 Å². The Morgan fingerprint density at radius 1 is 0.914 bits per heavy atom. The van der Waals surface area contributed by atoms with Crippen LogP contribution in [0.15, 0.2) is 71.6 Å². The molecular weight excluding hydrogens is 490 g/mol. The Morgan fingerprint density at radius 3 is 2.11 bits per heavy atom. The average molecular weight is 518 g/mol. The Balaban J connectivity index is 1.48. The standard InChI is InChI=1S/C25H28ClN3O5S/c1-28-12-14-29(15-13-28)23(18-2-11-24(30)25(31)16-18)17-27-35(32,33)22-9-7-21(8-10-22)34-20-5-3-19(26)4-6-20/h2-11,16,23,27,30-31H,12-15,17H2,1H3. The molecule has 186 valence electrons. The third-order valence-electron chi connectivity index (χ3n) is 6.01. The zero-order valence-electron chi connectivity index (χ0n) is 19.3. The van der Waals surface area contributed by atoms with E-state index >= 15 is 0 Å². The van der Waals surface area contributed by atoms with Gasteiger partial charge in [-0.15, -0.1) is 0 Å². The molecule has 0 aliphatic carbocycles. The number of benzene rings is 3. The molecule has 0 radical (unpaired) electrons. The molecule has 0 spiro atoms. The van der Waals surface area contributed by atoms with E-state index in [1.54, 1.807) is 42.5 Å². The van der Waals surface area contributed by atoms with Crippen LogP contribution in [-0.4, -0.2) is 68.2 Å². The lowest BCUT2D eigenvalue weighted by Gasteiger charge is -2.38. The Hall–Kier alpha value is -2.82. The van der Waals surface area contributed by atoms with Gasteiger partial charge in [-0.1, -0.05) is 17.7 Å². The lowest BCUT2D eigenvalue weighted by Crippen LogP contribution is -2.48. The molecular formula is C25H28ClN3O5S. The maximum atomic E-state index is 13.0. The first-order chi connectivity index (χ1) is 16.7. The summed E-state index contributed by atoms with van der Waals surface area (Å²) in [5, 5.41) is 20.3. The smallest absolute Gasteiger partial charge is 0.240 e. The molecule has 0 bridgehead atoms. The minimum Gasteiger partial charge on any atom is -0.504 e. The summed E-state index contributed by atoms with van der Waals surface area (Å²) < 4.78 is 34.5. The van der Waals surface area contributed by atoms with Gasteiger partial charge in [-0.2, -0.15) is 0 Å². The largest absolute Gasteiger partial charge is 0.504 e. The van der Waals surface area contributed by atoms with Crippen molar-refractivity contribution in [1.29, 1.82) is 0 Å². The minimum atomic E-state index is -3.80. The molecule has 1 aliphatic heterocycles. The summed E-state index contributed by atoms with van der Waals surface area (Å²) in [6, 6.07) is 17.4. The Morgan fingerprint density at radius 2 is 1.51 bits per heavy atom. The molecule has 3 aromatic carbocycles. The number of phenols is 2. The van der Waals surface area contributed by atoms with E-state index < -0.39 is 10.0 Å². The molecule has 35 heavy (non-hydrogen) atoms. The van der Waals surface area contributed by atoms with Gasteiger partial charge in [0.25, 0.3) is 0 Å². The van der Waals surface area contributed by atoms with Crippen LogP contribution < -0.4 is 9.46 Å². The first-order valence-electron chi connectivity index (χ1n) is 11.2. The molecule has 4 rings (SSSR count). The van der Waals surface area contributed by atoms with Crippen LogP contribution in [0.5, 0.6) is 23.0 Å². The van der Waals surface area contributed by atoms with E-state index in [0.29, 0.717) is 16.5 Å². The summed E-state index contributed by atoms with van der Waals surface area (Å²) in [5.41, 5.74) is 0.722. The van der Waals surface area contributed by atoms with Crippen molar-refractivity contribution in [2.24, 2.45) is 0 Å². The third-order valence-corrected chi connectivity index (χ3v) is 7.70. The van der Waals surface area contributed by atoms with Crippen LogP contribution in [0, 0.1) is 0 Å². The highest BCUT2D eigenvalue weighted by Gasteiger charge is 2.26. The fraction of sp³-hybridized carbons (Fsp3) is 0.280. The zero-order valence-corrected chi connectivity index (χ0v) is 20.8. The second kappa shape index (κ2) is 10.8. The van der Waals surface area contributed by atoms with Gasteiger partial charge in [0.2, 0.25) is 10.0 Å². The molecule has 1 fully saturated rings. The number of rotatable bonds is 8. The Labute approximate surface area is 210 Å². The number of likely N-dealkylation sites (N-methyl/N-ethyl adjacent to an activating group) is 1. The highest BCUT2D eigenvalue weighted by Crippen LogP contribution is 2.31. The van der Waals surface area contributed by atoms with Gasteiger partial charge in [-0.05, 0) is 73.3 Å². The number of aromatic hydroxyl groups is 2. The SMILES string of the molecule is CN1CCN(C(CNS(=O)(=O)c2ccc(Oc3ccc(Cl)cc3)cc2)c2ccc(O)c(O)c2)CC1. The molecule has 0 amide bonds. The predicted molar refractivity (Wildman–Crippen MR) is 135 cm³/mol. The molecule has 8 nitrogen and oxygen atoms in total. The van der Waals surface area contributed by atoms with E-state index in [9.17, 15) is 18.6 Å². The van der Waals surface area contributed by atoms with Crippen molar-refractivity contribution in [1.82, 2.24) is 14.5 Å². The highest BCUT2D eigenvalue weighted by atomic mass is 35.5. The van der Waals surface area contributed by atoms with Gasteiger partial charge in [-0.25, -0.2) is 13.1 Å². The van der Waals surface area contributed by atoms with E-state index in [1.165, 1.54) is 24.3 Å². The first kappa shape index (κ1) is 25.3. The van der Waals surface area contributed by atoms with Crippen molar-refractivity contribution in [3.05, 3.63) is 77.3 Å². The summed E-state index contributed by atoms with van der Waals surface area (Å²) >= 11 is 5.89. The molecule has 1 aliphatic rings. The number of hydrogen-bond acceptors (Lipinski definition) is 7. The van der Waals surface area contributed by atoms with Gasteiger partial charge >= 0.3 is 0 Å². The van der Waals surface area contributed by atoms with Crippen molar-refractivity contribution < 1.29 is 23.4 Å². The monoisotopic (exact) mass is 517 g/mol. The second-order valence-corrected chi connectivity index (χ2v) is 10.7. The molecule has 3 aromatic rings. The van der Waals surface area contributed by atoms with E-state index in [1.807, 2.05) is 7.05 Å². The summed E-state index contributed by atoms with van der Waals surface area (Å²) in [4.78, 5) is 4.50. The van der Waals surface area contributed by atoms with Gasteiger partial charge in [0.05, 0.1) is 4.90 Å². The quantitative estimate of drug-likeness (QED) is 0.390. The molecule has 1 atom stereocenters. The number of piperazine rings is 1. The molecule has 3 N–H and O–H groups in total. The van der Waals surface area contributed by atoms with Gasteiger partial charge in [0.15, 0.2) is 11.5 Å². The van der Waals surface area contributed by atoms with Crippen molar-refractivity contribution in [3.8, 4) is 23.0 Å². The summed E-state index contributed by atoms with van der Waals surface area (Å²) in [5.74, 6) is 0.643. The fourth-order valence-corrected chi connectivity index (χ4v) is 5.10. The molecule has 1 unspecified atom stereocenters. The van der Waals surface area contributed by atoms with Crippen molar-refractivity contribution in [2.75, 3.05) is 39.8 Å². The summed E-state index contributed by atoms with van der Waals surface area (Å²) in [6.07, 6.45) is 0. The summed E-state index contributed by atoms with van der Waals surface area (Å²) in [7, 11) is -1.75. The summed E-state index contributed by atoms with van der Waals surface area (Å²) in [6.45, 7) is 3.31. The van der Waals surface area contributed by atoms with Crippen LogP contribution >= 0.6 is 11.6 Å². The van der Waals surface area contributed by atoms with Gasteiger partial charge in [-0.3, -0.25) is 4.90 Å². The van der Waals surface area contributed by atoms with E-state index in [2.05, 4.69) is 14.5 Å². The number of nitrogens with one attached hydrogen (secondary N) is 1. The van der Waals surface area contributed by atoms with Crippen molar-refractivity contribution in [3.63, 3.8) is 0 Å². The van der Waals surface area contributed by atoms with Crippen LogP contribution in [0.1, 0.15) is 11.6 Å². The number of halogens is 1. The first-order valence-corrected chi connectivity index (χ1v) is 13.0. The maximum Gasteiger partial charge on any atom is 0.240 e. The topological polar surface area (TPSA) is 102 Å². The molecule has 0 aromatic heterocycles. The minimum absolute atomic E-state index is 0.110. The highest BCUT2D eigenvalue weighted by molar-refractivity contribution is 7.89. The second-order valence-electron chi connectivity index (χ2n) is 8.48. The Bertz CT molecular complexity index is 1250. The van der Waals surface area contributed by atoms with E-state index in [0.717, 1.165) is 31.7 Å². The lowest BCUT2D eigenvalue weighted by atomic mass is 10.0. The number of phenolic OH excluding ortho intramolecular Hbond substituents is 2. The normalized spacial score (nSPS) is 16.2. The van der Waals surface area contributed by atoms with Gasteiger partial charge in [0.1, 0.15) is 11.5 Å². The fourth-order valence-electron chi connectivity index (χ4n) is 3.94. The number of sulfonamides is 1. The molecule has 1 saturated heterocycles. The van der Waals surface area contributed by atoms with Gasteiger partial charge < -0.3 is 19.8 Å². The van der Waals surface area contributed by atoms with Crippen LogP contribution in [0.25, 0.3) is 0 Å². The van der Waals surface area contributed by atoms with Crippen LogP contribution in [0.3, 0.4) is 0 Å². The third kappa shape index (κ3) is 6.45. The zero-order chi connectivity index (χ0) is 25.0. The van der Waals surface area contributed by atoms with Crippen LogP contribution in [0.4, 0.5) is 0 Å². The lowest BCUT2D eigenvalue weighted by molar-refractivity contribution is 0.112.